The van der Waals surface area contributed by atoms with Crippen LogP contribution in [0.2, 0.25) is 0 Å². The molecular weight excluding hydrogens is 246 g/mol. The minimum absolute atomic E-state index is 0.521. The molecule has 3 heteroatoms. The summed E-state index contributed by atoms with van der Waals surface area (Å²) in [5.41, 5.74) is 2.57. The van der Waals surface area contributed by atoms with Crippen LogP contribution in [0.3, 0.4) is 0 Å². The van der Waals surface area contributed by atoms with Gasteiger partial charge in [-0.05, 0) is 31.9 Å². The van der Waals surface area contributed by atoms with E-state index in [0.717, 1.165) is 31.8 Å². The number of imidazole rings is 1. The zero-order chi connectivity index (χ0) is 14.4. The number of hydrogen-bond acceptors (Lipinski definition) is 2. The maximum Gasteiger partial charge on any atom is 0.139 e. The van der Waals surface area contributed by atoms with Gasteiger partial charge >= 0.3 is 0 Å². The van der Waals surface area contributed by atoms with E-state index in [0.29, 0.717) is 6.04 Å². The molecule has 1 unspecified atom stereocenters. The first kappa shape index (κ1) is 14.8. The lowest BCUT2D eigenvalue weighted by molar-refractivity contribution is 0.565. The Morgan fingerprint density at radius 1 is 1.20 bits per heavy atom. The van der Waals surface area contributed by atoms with Crippen molar-refractivity contribution in [2.24, 2.45) is 0 Å². The molecule has 0 spiro atoms. The lowest BCUT2D eigenvalue weighted by Crippen LogP contribution is -2.27. The fraction of sp³-hybridized carbons (Fsp3) is 0.471. The van der Waals surface area contributed by atoms with Gasteiger partial charge in [0.25, 0.3) is 0 Å². The number of benzene rings is 1. The van der Waals surface area contributed by atoms with Crippen LogP contribution in [-0.2, 0) is 13.0 Å². The molecule has 1 aromatic carbocycles. The highest BCUT2D eigenvalue weighted by Crippen LogP contribution is 2.19. The first-order valence-corrected chi connectivity index (χ1v) is 7.58. The molecule has 0 saturated heterocycles. The molecule has 0 bridgehead atoms. The highest BCUT2D eigenvalue weighted by atomic mass is 15.1. The summed E-state index contributed by atoms with van der Waals surface area (Å²) in [5, 5.41) is 3.45. The van der Waals surface area contributed by atoms with Crippen molar-refractivity contribution in [3.63, 3.8) is 0 Å². The van der Waals surface area contributed by atoms with E-state index < -0.39 is 0 Å². The first-order chi connectivity index (χ1) is 9.74. The summed E-state index contributed by atoms with van der Waals surface area (Å²) in [4.78, 5) is 4.48. The summed E-state index contributed by atoms with van der Waals surface area (Å²) >= 11 is 0. The quantitative estimate of drug-likeness (QED) is 0.835. The smallest absolute Gasteiger partial charge is 0.139 e. The van der Waals surface area contributed by atoms with Crippen molar-refractivity contribution in [3.05, 3.63) is 42.2 Å². The van der Waals surface area contributed by atoms with Crippen molar-refractivity contribution < 1.29 is 0 Å². The third-order valence-corrected chi connectivity index (χ3v) is 3.49. The molecule has 0 radical (unpaired) electrons. The van der Waals surface area contributed by atoms with Crippen molar-refractivity contribution in [2.45, 2.75) is 46.2 Å². The summed E-state index contributed by atoms with van der Waals surface area (Å²) in [6, 6.07) is 9.32. The van der Waals surface area contributed by atoms with E-state index in [-0.39, 0.29) is 0 Å². The van der Waals surface area contributed by atoms with Crippen molar-refractivity contribution in [2.75, 3.05) is 6.54 Å². The van der Waals surface area contributed by atoms with Gasteiger partial charge in [0.2, 0.25) is 0 Å². The van der Waals surface area contributed by atoms with E-state index in [1.54, 1.807) is 0 Å². The van der Waals surface area contributed by atoms with Crippen LogP contribution in [0.4, 0.5) is 0 Å². The average molecular weight is 271 g/mol. The number of rotatable bonds is 7. The molecule has 0 aliphatic rings. The largest absolute Gasteiger partial charge is 0.331 e. The zero-order valence-corrected chi connectivity index (χ0v) is 12.8. The third kappa shape index (κ3) is 3.70. The van der Waals surface area contributed by atoms with Gasteiger partial charge in [-0.2, -0.15) is 0 Å². The maximum absolute atomic E-state index is 4.48. The van der Waals surface area contributed by atoms with Gasteiger partial charge in [-0.25, -0.2) is 4.98 Å². The van der Waals surface area contributed by atoms with Gasteiger partial charge in [-0.3, -0.25) is 0 Å². The normalized spacial score (nSPS) is 12.6. The van der Waals surface area contributed by atoms with Crippen LogP contribution in [0, 0.1) is 0 Å². The predicted octanol–water partition coefficient (Wildman–Crippen LogP) is 3.50. The van der Waals surface area contributed by atoms with Gasteiger partial charge in [0, 0.05) is 30.5 Å². The maximum atomic E-state index is 4.48. The number of aryl methyl sites for hydroxylation is 1. The average Bonchev–Trinajstić information content (AvgIpc) is 2.89. The van der Waals surface area contributed by atoms with Crippen molar-refractivity contribution in [1.29, 1.82) is 0 Å². The first-order valence-electron chi connectivity index (χ1n) is 7.58. The Morgan fingerprint density at radius 3 is 2.60 bits per heavy atom. The molecule has 0 fully saturated rings. The minimum atomic E-state index is 0.521. The van der Waals surface area contributed by atoms with E-state index in [4.69, 9.17) is 0 Å². The van der Waals surface area contributed by atoms with Crippen LogP contribution in [0.15, 0.2) is 36.7 Å². The van der Waals surface area contributed by atoms with Crippen LogP contribution >= 0.6 is 0 Å². The van der Waals surface area contributed by atoms with Gasteiger partial charge in [0.1, 0.15) is 5.82 Å². The molecule has 1 N–H and O–H groups in total. The minimum Gasteiger partial charge on any atom is -0.331 e. The molecule has 0 aliphatic heterocycles. The Hall–Kier alpha value is -1.61. The lowest BCUT2D eigenvalue weighted by Gasteiger charge is -2.12. The molecule has 3 nitrogen and oxygen atoms in total. The highest BCUT2D eigenvalue weighted by molar-refractivity contribution is 5.56. The van der Waals surface area contributed by atoms with Gasteiger partial charge < -0.3 is 9.88 Å². The molecule has 0 saturated carbocycles. The second kappa shape index (κ2) is 7.25. The molecule has 1 atom stereocenters. The van der Waals surface area contributed by atoms with Crippen molar-refractivity contribution >= 4 is 0 Å². The summed E-state index contributed by atoms with van der Waals surface area (Å²) in [5.74, 6) is 1.07. The fourth-order valence-corrected chi connectivity index (χ4v) is 2.55. The van der Waals surface area contributed by atoms with Crippen molar-refractivity contribution in [3.8, 4) is 11.4 Å². The molecule has 1 aromatic heterocycles. The number of hydrogen-bond donors (Lipinski definition) is 1. The summed E-state index contributed by atoms with van der Waals surface area (Å²) in [6.07, 6.45) is 6.13. The standard InChI is InChI=1S/C17H25N3/c1-4-11-20-12-10-19-17(20)16-8-6-15(7-9-16)13-14(3)18-5-2/h6-10,12,14,18H,4-5,11,13H2,1-3H3. The third-order valence-electron chi connectivity index (χ3n) is 3.49. The summed E-state index contributed by atoms with van der Waals surface area (Å²) < 4.78 is 2.22. The number of nitrogens with one attached hydrogen (secondary N) is 1. The van der Waals surface area contributed by atoms with Crippen LogP contribution in [0.5, 0.6) is 0 Å². The Labute approximate surface area is 122 Å². The fourth-order valence-electron chi connectivity index (χ4n) is 2.55. The van der Waals surface area contributed by atoms with E-state index in [9.17, 15) is 0 Å². The number of aromatic nitrogens is 2. The molecule has 2 aromatic rings. The summed E-state index contributed by atoms with van der Waals surface area (Å²) in [6.45, 7) is 8.61. The molecule has 20 heavy (non-hydrogen) atoms. The Kier molecular flexibility index (Phi) is 5.36. The van der Waals surface area contributed by atoms with E-state index in [1.807, 2.05) is 6.20 Å². The molecule has 1 heterocycles. The topological polar surface area (TPSA) is 29.9 Å². The molecule has 0 amide bonds. The molecule has 0 aliphatic carbocycles. The van der Waals surface area contributed by atoms with Crippen LogP contribution in [-0.4, -0.2) is 22.1 Å². The van der Waals surface area contributed by atoms with Crippen LogP contribution in [0.1, 0.15) is 32.8 Å². The predicted molar refractivity (Wildman–Crippen MR) is 84.8 cm³/mol. The Bertz CT molecular complexity index is 513. The van der Waals surface area contributed by atoms with E-state index in [1.165, 1.54) is 11.1 Å². The number of nitrogens with zero attached hydrogens (tertiary/aromatic N) is 2. The lowest BCUT2D eigenvalue weighted by atomic mass is 10.0. The second-order valence-electron chi connectivity index (χ2n) is 5.30. The van der Waals surface area contributed by atoms with E-state index in [2.05, 4.69) is 66.1 Å². The van der Waals surface area contributed by atoms with Crippen molar-refractivity contribution in [1.82, 2.24) is 14.9 Å². The van der Waals surface area contributed by atoms with Gasteiger partial charge in [-0.1, -0.05) is 38.1 Å². The Morgan fingerprint density at radius 2 is 1.95 bits per heavy atom. The molecule has 2 rings (SSSR count). The van der Waals surface area contributed by atoms with Crippen LogP contribution in [0.25, 0.3) is 11.4 Å². The van der Waals surface area contributed by atoms with E-state index >= 15 is 0 Å². The monoisotopic (exact) mass is 271 g/mol. The SMILES string of the molecule is CCCn1ccnc1-c1ccc(CC(C)NCC)cc1. The number of likely N-dealkylation sites (N-methyl/N-ethyl adjacent to an activating group) is 1. The summed E-state index contributed by atoms with van der Waals surface area (Å²) in [7, 11) is 0. The second-order valence-corrected chi connectivity index (χ2v) is 5.30. The molecular formula is C17H25N3. The Balaban J connectivity index is 2.09. The molecule has 108 valence electrons. The highest BCUT2D eigenvalue weighted by Gasteiger charge is 2.06. The van der Waals surface area contributed by atoms with Gasteiger partial charge in [-0.15, -0.1) is 0 Å². The van der Waals surface area contributed by atoms with Gasteiger partial charge in [0.15, 0.2) is 0 Å². The zero-order valence-electron chi connectivity index (χ0n) is 12.8. The van der Waals surface area contributed by atoms with Crippen LogP contribution < -0.4 is 5.32 Å². The van der Waals surface area contributed by atoms with Gasteiger partial charge in [0.05, 0.1) is 0 Å².